The Morgan fingerprint density at radius 2 is 2.13 bits per heavy atom. The Hall–Kier alpha value is -2.67. The molecule has 0 unspecified atom stereocenters. The maximum atomic E-state index is 12.5. The molecule has 0 aliphatic carbocycles. The molecule has 2 N–H and O–H groups in total. The number of aromatic nitrogens is 3. The smallest absolute Gasteiger partial charge is 0.260 e. The Morgan fingerprint density at radius 3 is 3.00 bits per heavy atom. The molecule has 118 valence electrons. The molecule has 0 bridgehead atoms. The van der Waals surface area contributed by atoms with Gasteiger partial charge in [-0.25, -0.2) is 0 Å². The second-order valence-electron chi connectivity index (χ2n) is 5.62. The summed E-state index contributed by atoms with van der Waals surface area (Å²) in [5, 5.41) is 14.5. The Balaban J connectivity index is 1.56. The fourth-order valence-corrected chi connectivity index (χ4v) is 2.89. The van der Waals surface area contributed by atoms with Crippen LogP contribution in [0.1, 0.15) is 34.9 Å². The number of fused-ring (bicyclic) bond motifs is 1. The van der Waals surface area contributed by atoms with E-state index in [2.05, 4.69) is 20.7 Å². The molecule has 0 radical (unpaired) electrons. The predicted molar refractivity (Wildman–Crippen MR) is 83.3 cm³/mol. The molecule has 0 saturated carbocycles. The topological polar surface area (TPSA) is 93.0 Å². The van der Waals surface area contributed by atoms with Crippen LogP contribution in [0, 0.1) is 0 Å². The number of amides is 1. The lowest BCUT2D eigenvalue weighted by atomic mass is 9.94. The van der Waals surface area contributed by atoms with E-state index in [1.807, 2.05) is 18.2 Å². The van der Waals surface area contributed by atoms with Crippen molar-refractivity contribution in [3.05, 3.63) is 41.9 Å². The molecule has 0 atom stereocenters. The minimum Gasteiger partial charge on any atom is -0.381 e. The molecule has 1 amide bonds. The zero-order chi connectivity index (χ0) is 15.6. The van der Waals surface area contributed by atoms with E-state index in [0.717, 1.165) is 23.7 Å². The van der Waals surface area contributed by atoms with E-state index in [9.17, 15) is 4.79 Å². The number of rotatable bonds is 3. The fourth-order valence-electron chi connectivity index (χ4n) is 2.89. The van der Waals surface area contributed by atoms with E-state index in [-0.39, 0.29) is 11.8 Å². The molecule has 1 fully saturated rings. The molecule has 7 heteroatoms. The maximum Gasteiger partial charge on any atom is 0.260 e. The van der Waals surface area contributed by atoms with Crippen LogP contribution in [0.2, 0.25) is 0 Å². The molecule has 3 heterocycles. The van der Waals surface area contributed by atoms with E-state index >= 15 is 0 Å². The first-order chi connectivity index (χ1) is 11.3. The van der Waals surface area contributed by atoms with Crippen LogP contribution >= 0.6 is 0 Å². The third-order valence-corrected chi connectivity index (χ3v) is 4.13. The number of ether oxygens (including phenoxy) is 1. The van der Waals surface area contributed by atoms with Crippen LogP contribution in [0.25, 0.3) is 10.9 Å². The molecule has 7 nitrogen and oxygen atoms in total. The van der Waals surface area contributed by atoms with Crippen LogP contribution < -0.4 is 5.32 Å². The molecule has 1 aliphatic heterocycles. The van der Waals surface area contributed by atoms with Crippen molar-refractivity contribution in [3.8, 4) is 0 Å². The average molecular weight is 312 g/mol. The molecule has 23 heavy (non-hydrogen) atoms. The number of aromatic amines is 1. The number of H-pyrrole nitrogens is 1. The number of carbonyl (C=O) groups excluding carboxylic acids is 1. The predicted octanol–water partition coefficient (Wildman–Crippen LogP) is 2.70. The van der Waals surface area contributed by atoms with Gasteiger partial charge in [0.25, 0.3) is 5.91 Å². The van der Waals surface area contributed by atoms with Crippen molar-refractivity contribution < 1.29 is 14.1 Å². The summed E-state index contributed by atoms with van der Waals surface area (Å²) in [6.07, 6.45) is 4.89. The Kier molecular flexibility index (Phi) is 3.55. The van der Waals surface area contributed by atoms with Gasteiger partial charge in [-0.05, 0) is 31.0 Å². The van der Waals surface area contributed by atoms with Crippen molar-refractivity contribution in [2.24, 2.45) is 0 Å². The lowest BCUT2D eigenvalue weighted by Gasteiger charge is -2.20. The molecule has 1 aromatic carbocycles. The number of nitrogens with one attached hydrogen (secondary N) is 2. The van der Waals surface area contributed by atoms with Gasteiger partial charge < -0.3 is 14.6 Å². The molecule has 0 spiro atoms. The summed E-state index contributed by atoms with van der Waals surface area (Å²) in [5.41, 5.74) is 2.13. The van der Waals surface area contributed by atoms with Gasteiger partial charge in [-0.2, -0.15) is 5.10 Å². The van der Waals surface area contributed by atoms with Gasteiger partial charge in [-0.15, -0.1) is 0 Å². The number of anilines is 1. The molecule has 3 aromatic rings. The van der Waals surface area contributed by atoms with Crippen LogP contribution in [0.4, 0.5) is 5.69 Å². The van der Waals surface area contributed by atoms with E-state index in [4.69, 9.17) is 9.26 Å². The average Bonchev–Trinajstić information content (AvgIpc) is 3.24. The van der Waals surface area contributed by atoms with Gasteiger partial charge in [0, 0.05) is 30.2 Å². The number of carbonyl (C=O) groups is 1. The third-order valence-electron chi connectivity index (χ3n) is 4.13. The lowest BCUT2D eigenvalue weighted by molar-refractivity contribution is 0.0783. The zero-order valence-corrected chi connectivity index (χ0v) is 12.4. The molecule has 1 aliphatic rings. The monoisotopic (exact) mass is 312 g/mol. The minimum absolute atomic E-state index is 0.184. The van der Waals surface area contributed by atoms with Crippen LogP contribution in [-0.4, -0.2) is 34.5 Å². The van der Waals surface area contributed by atoms with Crippen molar-refractivity contribution in [2.45, 2.75) is 18.8 Å². The third kappa shape index (κ3) is 2.70. The summed E-state index contributed by atoms with van der Waals surface area (Å²) < 4.78 is 10.7. The summed E-state index contributed by atoms with van der Waals surface area (Å²) in [6, 6.07) is 5.59. The SMILES string of the molecule is O=C(Nc1ccc2[nH]ncc2c1)c1cnoc1C1CCOCC1. The lowest BCUT2D eigenvalue weighted by Crippen LogP contribution is -2.18. The first kappa shape index (κ1) is 14.0. The molecular weight excluding hydrogens is 296 g/mol. The van der Waals surface area contributed by atoms with Crippen LogP contribution in [0.5, 0.6) is 0 Å². The summed E-state index contributed by atoms with van der Waals surface area (Å²) in [4.78, 5) is 12.5. The van der Waals surface area contributed by atoms with E-state index < -0.39 is 0 Å². The normalized spacial score (nSPS) is 15.8. The quantitative estimate of drug-likeness (QED) is 0.775. The van der Waals surface area contributed by atoms with Crippen molar-refractivity contribution in [1.29, 1.82) is 0 Å². The van der Waals surface area contributed by atoms with Crippen LogP contribution in [-0.2, 0) is 4.74 Å². The van der Waals surface area contributed by atoms with E-state index in [1.54, 1.807) is 6.20 Å². The largest absolute Gasteiger partial charge is 0.381 e. The zero-order valence-electron chi connectivity index (χ0n) is 12.4. The summed E-state index contributed by atoms with van der Waals surface area (Å²) in [7, 11) is 0. The number of nitrogens with zero attached hydrogens (tertiary/aromatic N) is 2. The number of benzene rings is 1. The second kappa shape index (κ2) is 5.85. The standard InChI is InChI=1S/C16H16N4O3/c21-16(19-12-1-2-14-11(7-12)8-17-20-14)13-9-18-23-15(13)10-3-5-22-6-4-10/h1-2,7-10H,3-6H2,(H,17,20)(H,19,21). The first-order valence-electron chi connectivity index (χ1n) is 7.58. The second-order valence-corrected chi connectivity index (χ2v) is 5.62. The molecule has 1 saturated heterocycles. The van der Waals surface area contributed by atoms with Crippen LogP contribution in [0.15, 0.2) is 35.1 Å². The highest BCUT2D eigenvalue weighted by Crippen LogP contribution is 2.30. The highest BCUT2D eigenvalue weighted by Gasteiger charge is 2.26. The van der Waals surface area contributed by atoms with Gasteiger partial charge in [0.15, 0.2) is 5.76 Å². The molecular formula is C16H16N4O3. The summed E-state index contributed by atoms with van der Waals surface area (Å²) in [5.74, 6) is 0.620. The number of hydrogen-bond donors (Lipinski definition) is 2. The molecule has 4 rings (SSSR count). The Bertz CT molecular complexity index is 833. The Morgan fingerprint density at radius 1 is 1.26 bits per heavy atom. The summed E-state index contributed by atoms with van der Waals surface area (Å²) in [6.45, 7) is 1.37. The fraction of sp³-hybridized carbons (Fsp3) is 0.312. The van der Waals surface area contributed by atoms with Gasteiger partial charge in [-0.3, -0.25) is 9.89 Å². The van der Waals surface area contributed by atoms with Crippen LogP contribution in [0.3, 0.4) is 0 Å². The minimum atomic E-state index is -0.212. The van der Waals surface area contributed by atoms with Crippen molar-refractivity contribution in [3.63, 3.8) is 0 Å². The number of hydrogen-bond acceptors (Lipinski definition) is 5. The van der Waals surface area contributed by atoms with Gasteiger partial charge >= 0.3 is 0 Å². The highest BCUT2D eigenvalue weighted by molar-refractivity contribution is 6.05. The highest BCUT2D eigenvalue weighted by atomic mass is 16.5. The summed E-state index contributed by atoms with van der Waals surface area (Å²) >= 11 is 0. The Labute approximate surface area is 132 Å². The first-order valence-corrected chi connectivity index (χ1v) is 7.58. The van der Waals surface area contributed by atoms with Crippen molar-refractivity contribution in [1.82, 2.24) is 15.4 Å². The maximum absolute atomic E-state index is 12.5. The van der Waals surface area contributed by atoms with Gasteiger partial charge in [0.2, 0.25) is 0 Å². The van der Waals surface area contributed by atoms with Gasteiger partial charge in [0.05, 0.1) is 17.9 Å². The van der Waals surface area contributed by atoms with Gasteiger partial charge in [-0.1, -0.05) is 5.16 Å². The van der Waals surface area contributed by atoms with Gasteiger partial charge in [0.1, 0.15) is 5.56 Å². The molecule has 2 aromatic heterocycles. The van der Waals surface area contributed by atoms with Crippen molar-refractivity contribution in [2.75, 3.05) is 18.5 Å². The van der Waals surface area contributed by atoms with E-state index in [0.29, 0.717) is 30.2 Å². The van der Waals surface area contributed by atoms with E-state index in [1.165, 1.54) is 6.20 Å². The van der Waals surface area contributed by atoms with Crippen molar-refractivity contribution >= 4 is 22.5 Å².